The molecular weight excluding hydrogens is 354 g/mol. The first-order valence-corrected chi connectivity index (χ1v) is 9.48. The smallest absolute Gasteiger partial charge is 0.258 e. The van der Waals surface area contributed by atoms with Crippen LogP contribution in [0.1, 0.15) is 51.7 Å². The van der Waals surface area contributed by atoms with Crippen LogP contribution in [0.2, 0.25) is 0 Å². The number of carbonyl (C=O) groups is 2. The van der Waals surface area contributed by atoms with Gasteiger partial charge in [0.25, 0.3) is 11.8 Å². The number of likely N-dealkylation sites (tertiary alicyclic amines) is 1. The van der Waals surface area contributed by atoms with E-state index in [0.717, 1.165) is 25.0 Å². The summed E-state index contributed by atoms with van der Waals surface area (Å²) in [5.41, 5.74) is 2.55. The number of carbonyl (C=O) groups excluding carboxylic acids is 2. The van der Waals surface area contributed by atoms with Crippen molar-refractivity contribution in [1.29, 1.82) is 0 Å². The zero-order chi connectivity index (χ0) is 19.7. The van der Waals surface area contributed by atoms with Gasteiger partial charge in [-0.2, -0.15) is 5.10 Å². The maximum Gasteiger partial charge on any atom is 0.258 e. The van der Waals surface area contributed by atoms with E-state index in [0.29, 0.717) is 23.3 Å². The number of rotatable bonds is 3. The van der Waals surface area contributed by atoms with Gasteiger partial charge in [0.1, 0.15) is 5.56 Å². The largest absolute Gasteiger partial charge is 0.345 e. The van der Waals surface area contributed by atoms with E-state index < -0.39 is 0 Å². The average molecular weight is 377 g/mol. The molecule has 144 valence electrons. The summed E-state index contributed by atoms with van der Waals surface area (Å²) in [5.74, 6) is -0.118. The van der Waals surface area contributed by atoms with Crippen molar-refractivity contribution in [1.82, 2.24) is 24.4 Å². The Morgan fingerprint density at radius 3 is 2.64 bits per heavy atom. The molecule has 1 atom stereocenters. The topological polar surface area (TPSA) is 70.8 Å². The van der Waals surface area contributed by atoms with Gasteiger partial charge in [0.2, 0.25) is 0 Å². The van der Waals surface area contributed by atoms with Crippen molar-refractivity contribution in [2.75, 3.05) is 20.6 Å². The van der Waals surface area contributed by atoms with Gasteiger partial charge in [-0.3, -0.25) is 9.59 Å². The van der Waals surface area contributed by atoms with Crippen LogP contribution in [0.4, 0.5) is 0 Å². The molecule has 2 aromatic heterocycles. The van der Waals surface area contributed by atoms with Crippen LogP contribution in [-0.2, 0) is 0 Å². The number of piperidine rings is 1. The Kier molecular flexibility index (Phi) is 4.81. The van der Waals surface area contributed by atoms with Crippen molar-refractivity contribution in [2.45, 2.75) is 25.3 Å². The van der Waals surface area contributed by atoms with Gasteiger partial charge in [0.05, 0.1) is 17.9 Å². The predicted octanol–water partition coefficient (Wildman–Crippen LogP) is 2.80. The minimum absolute atomic E-state index is 0.0204. The molecule has 0 N–H and O–H groups in total. The highest BCUT2D eigenvalue weighted by Gasteiger charge is 2.31. The highest BCUT2D eigenvalue weighted by atomic mass is 16.2. The highest BCUT2D eigenvalue weighted by molar-refractivity contribution is 5.99. The lowest BCUT2D eigenvalue weighted by Gasteiger charge is -2.36. The van der Waals surface area contributed by atoms with Crippen LogP contribution in [0.5, 0.6) is 0 Å². The normalized spacial score (nSPS) is 16.9. The number of amides is 2. The first-order chi connectivity index (χ1) is 13.6. The van der Waals surface area contributed by atoms with Gasteiger partial charge in [-0.1, -0.05) is 18.2 Å². The number of aromatic nitrogens is 3. The second-order valence-electron chi connectivity index (χ2n) is 7.24. The fraction of sp³-hybridized carbons (Fsp3) is 0.333. The van der Waals surface area contributed by atoms with Gasteiger partial charge < -0.3 is 9.80 Å². The molecule has 0 radical (unpaired) electrons. The monoisotopic (exact) mass is 377 g/mol. The second kappa shape index (κ2) is 7.42. The Morgan fingerprint density at radius 2 is 1.89 bits per heavy atom. The van der Waals surface area contributed by atoms with Crippen LogP contribution in [0, 0.1) is 0 Å². The third-order valence-electron chi connectivity index (χ3n) is 5.19. The average Bonchev–Trinajstić information content (AvgIpc) is 3.17. The Labute approximate surface area is 163 Å². The summed E-state index contributed by atoms with van der Waals surface area (Å²) in [6.45, 7) is 0.701. The zero-order valence-electron chi connectivity index (χ0n) is 16.1. The minimum atomic E-state index is -0.138. The van der Waals surface area contributed by atoms with Crippen molar-refractivity contribution in [3.63, 3.8) is 0 Å². The summed E-state index contributed by atoms with van der Waals surface area (Å²) in [4.78, 5) is 33.4. The molecule has 0 aliphatic carbocycles. The van der Waals surface area contributed by atoms with E-state index >= 15 is 0 Å². The molecule has 1 saturated heterocycles. The quantitative estimate of drug-likeness (QED) is 0.704. The highest BCUT2D eigenvalue weighted by Crippen LogP contribution is 2.32. The molecule has 0 spiro atoms. The van der Waals surface area contributed by atoms with Gasteiger partial charge in [-0.15, -0.1) is 0 Å². The van der Waals surface area contributed by atoms with Crippen LogP contribution in [0.3, 0.4) is 0 Å². The molecule has 2 amide bonds. The molecular formula is C21H23N5O2. The van der Waals surface area contributed by atoms with Crippen LogP contribution >= 0.6 is 0 Å². The van der Waals surface area contributed by atoms with Gasteiger partial charge in [-0.25, -0.2) is 9.50 Å². The van der Waals surface area contributed by atoms with Crippen molar-refractivity contribution >= 4 is 17.5 Å². The lowest BCUT2D eigenvalue weighted by molar-refractivity contribution is 0.0603. The van der Waals surface area contributed by atoms with Crippen LogP contribution in [-0.4, -0.2) is 56.9 Å². The van der Waals surface area contributed by atoms with Crippen LogP contribution in [0.15, 0.2) is 48.8 Å². The maximum absolute atomic E-state index is 13.1. The zero-order valence-corrected chi connectivity index (χ0v) is 16.1. The Balaban J connectivity index is 1.75. The first-order valence-electron chi connectivity index (χ1n) is 9.48. The molecule has 0 saturated carbocycles. The fourth-order valence-corrected chi connectivity index (χ4v) is 3.78. The number of hydrogen-bond donors (Lipinski definition) is 0. The van der Waals surface area contributed by atoms with Gasteiger partial charge in [-0.05, 0) is 37.5 Å². The standard InChI is InChI=1S/C21H23N5O2/c1-24(2)21(28)16-14-23-26-18(11-12-22-19(16)26)17-10-6-7-13-25(17)20(27)15-8-4-3-5-9-15/h3-5,8-9,11-12,14,17H,6-7,10,13H2,1-2H3/t17-/m0/s1. The summed E-state index contributed by atoms with van der Waals surface area (Å²) < 4.78 is 1.71. The number of nitrogens with zero attached hydrogens (tertiary/aromatic N) is 5. The van der Waals surface area contributed by atoms with E-state index in [1.165, 1.54) is 4.90 Å². The lowest BCUT2D eigenvalue weighted by Crippen LogP contribution is -2.39. The Hall–Kier alpha value is -3.22. The van der Waals surface area contributed by atoms with Crippen molar-refractivity contribution in [2.24, 2.45) is 0 Å². The molecule has 4 rings (SSSR count). The lowest BCUT2D eigenvalue weighted by atomic mass is 9.97. The van der Waals surface area contributed by atoms with E-state index in [2.05, 4.69) is 10.1 Å². The third-order valence-corrected chi connectivity index (χ3v) is 5.19. The molecule has 7 heteroatoms. The fourth-order valence-electron chi connectivity index (χ4n) is 3.78. The summed E-state index contributed by atoms with van der Waals surface area (Å²) in [7, 11) is 3.41. The predicted molar refractivity (Wildman–Crippen MR) is 105 cm³/mol. The SMILES string of the molecule is CN(C)C(=O)c1cnn2c([C@@H]3CCCCN3C(=O)c3ccccc3)ccnc12. The van der Waals surface area contributed by atoms with E-state index in [-0.39, 0.29) is 17.9 Å². The number of fused-ring (bicyclic) bond motifs is 1. The van der Waals surface area contributed by atoms with Gasteiger partial charge >= 0.3 is 0 Å². The molecule has 1 aliphatic heterocycles. The van der Waals surface area contributed by atoms with Crippen LogP contribution in [0.25, 0.3) is 5.65 Å². The Morgan fingerprint density at radius 1 is 1.11 bits per heavy atom. The van der Waals surface area contributed by atoms with Crippen molar-refractivity contribution in [3.05, 3.63) is 65.6 Å². The van der Waals surface area contributed by atoms with E-state index in [1.807, 2.05) is 41.3 Å². The molecule has 1 aliphatic rings. The van der Waals surface area contributed by atoms with Crippen LogP contribution < -0.4 is 0 Å². The molecule has 3 heterocycles. The molecule has 1 fully saturated rings. The first kappa shape index (κ1) is 18.2. The summed E-state index contributed by atoms with van der Waals surface area (Å²) in [5, 5.41) is 4.43. The third kappa shape index (κ3) is 3.13. The van der Waals surface area contributed by atoms with E-state index in [1.54, 1.807) is 31.0 Å². The summed E-state index contributed by atoms with van der Waals surface area (Å²) in [6.07, 6.45) is 6.12. The number of benzene rings is 1. The van der Waals surface area contributed by atoms with Gasteiger partial charge in [0, 0.05) is 32.4 Å². The van der Waals surface area contributed by atoms with E-state index in [9.17, 15) is 9.59 Å². The molecule has 3 aromatic rings. The maximum atomic E-state index is 13.1. The Bertz CT molecular complexity index is 1010. The molecule has 7 nitrogen and oxygen atoms in total. The van der Waals surface area contributed by atoms with Crippen molar-refractivity contribution in [3.8, 4) is 0 Å². The summed E-state index contributed by atoms with van der Waals surface area (Å²) >= 11 is 0. The molecule has 0 bridgehead atoms. The molecule has 0 unspecified atom stereocenters. The van der Waals surface area contributed by atoms with Gasteiger partial charge in [0.15, 0.2) is 5.65 Å². The second-order valence-corrected chi connectivity index (χ2v) is 7.24. The minimum Gasteiger partial charge on any atom is -0.345 e. The molecule has 28 heavy (non-hydrogen) atoms. The van der Waals surface area contributed by atoms with E-state index in [4.69, 9.17) is 0 Å². The summed E-state index contributed by atoms with van der Waals surface area (Å²) in [6, 6.07) is 11.1. The number of hydrogen-bond acceptors (Lipinski definition) is 4. The molecule has 1 aromatic carbocycles. The van der Waals surface area contributed by atoms with Crippen molar-refractivity contribution < 1.29 is 9.59 Å².